The third-order valence-corrected chi connectivity index (χ3v) is 4.30. The molecule has 0 spiro atoms. The van der Waals surface area contributed by atoms with E-state index in [9.17, 15) is 5.11 Å². The van der Waals surface area contributed by atoms with E-state index in [1.54, 1.807) is 11.3 Å². The van der Waals surface area contributed by atoms with Crippen molar-refractivity contribution in [3.05, 3.63) is 20.8 Å². The molecule has 1 aromatic heterocycles. The van der Waals surface area contributed by atoms with Crippen LogP contribution in [-0.2, 0) is 0 Å². The molecule has 1 fully saturated rings. The van der Waals surface area contributed by atoms with Gasteiger partial charge in [-0.15, -0.1) is 11.3 Å². The second-order valence-electron chi connectivity index (χ2n) is 3.67. The Bertz CT molecular complexity index is 278. The Morgan fingerprint density at radius 1 is 1.46 bits per heavy atom. The number of aliphatic hydroxyl groups is 1. The zero-order valence-corrected chi connectivity index (χ0v) is 9.77. The molecule has 1 atom stereocenters. The van der Waals surface area contributed by atoms with E-state index in [1.807, 2.05) is 11.4 Å². The van der Waals surface area contributed by atoms with Crippen LogP contribution >= 0.6 is 27.3 Å². The average molecular weight is 261 g/mol. The van der Waals surface area contributed by atoms with Crippen LogP contribution in [0.3, 0.4) is 0 Å². The monoisotopic (exact) mass is 260 g/mol. The van der Waals surface area contributed by atoms with Crippen LogP contribution in [0.25, 0.3) is 0 Å². The summed E-state index contributed by atoms with van der Waals surface area (Å²) in [6, 6.07) is 2.04. The Labute approximate surface area is 90.9 Å². The first-order valence-electron chi connectivity index (χ1n) is 4.69. The van der Waals surface area contributed by atoms with Gasteiger partial charge in [0.25, 0.3) is 0 Å². The van der Waals surface area contributed by atoms with Crippen LogP contribution in [0.5, 0.6) is 0 Å². The first-order chi connectivity index (χ1) is 6.27. The molecule has 13 heavy (non-hydrogen) atoms. The highest BCUT2D eigenvalue weighted by atomic mass is 79.9. The molecule has 2 rings (SSSR count). The zero-order valence-electron chi connectivity index (χ0n) is 7.37. The SMILES string of the molecule is OC(c1csc(Br)c1)C1CCCC1. The molecule has 1 nitrogen and oxygen atoms in total. The third kappa shape index (κ3) is 2.14. The molecule has 0 aromatic carbocycles. The van der Waals surface area contributed by atoms with Gasteiger partial charge in [0.1, 0.15) is 0 Å². The van der Waals surface area contributed by atoms with Gasteiger partial charge in [-0.25, -0.2) is 0 Å². The largest absolute Gasteiger partial charge is 0.388 e. The topological polar surface area (TPSA) is 20.2 Å². The normalized spacial score (nSPS) is 20.8. The number of aliphatic hydroxyl groups excluding tert-OH is 1. The van der Waals surface area contributed by atoms with Crippen molar-refractivity contribution in [3.63, 3.8) is 0 Å². The molecule has 72 valence electrons. The summed E-state index contributed by atoms with van der Waals surface area (Å²) < 4.78 is 1.11. The number of thiophene rings is 1. The van der Waals surface area contributed by atoms with Crippen molar-refractivity contribution in [2.45, 2.75) is 31.8 Å². The highest BCUT2D eigenvalue weighted by molar-refractivity contribution is 9.11. The summed E-state index contributed by atoms with van der Waals surface area (Å²) in [5, 5.41) is 12.1. The molecule has 3 heteroatoms. The Kier molecular flexibility index (Phi) is 3.06. The van der Waals surface area contributed by atoms with Gasteiger partial charge in [0.2, 0.25) is 0 Å². The summed E-state index contributed by atoms with van der Waals surface area (Å²) in [7, 11) is 0. The summed E-state index contributed by atoms with van der Waals surface area (Å²) in [6.07, 6.45) is 4.72. The molecule has 0 radical (unpaired) electrons. The average Bonchev–Trinajstić information content (AvgIpc) is 2.72. The first-order valence-corrected chi connectivity index (χ1v) is 6.36. The van der Waals surface area contributed by atoms with Gasteiger partial charge in [-0.05, 0) is 51.7 Å². The minimum absolute atomic E-state index is 0.231. The molecule has 1 aliphatic carbocycles. The molecule has 0 amide bonds. The molecule has 0 saturated heterocycles. The van der Waals surface area contributed by atoms with Gasteiger partial charge in [0.15, 0.2) is 0 Å². The summed E-state index contributed by atoms with van der Waals surface area (Å²) in [5.41, 5.74) is 1.09. The predicted octanol–water partition coefficient (Wildman–Crippen LogP) is 3.73. The van der Waals surface area contributed by atoms with Gasteiger partial charge < -0.3 is 5.11 Å². The summed E-state index contributed by atoms with van der Waals surface area (Å²) in [6.45, 7) is 0. The van der Waals surface area contributed by atoms with E-state index in [0.29, 0.717) is 5.92 Å². The van der Waals surface area contributed by atoms with E-state index in [-0.39, 0.29) is 6.10 Å². The van der Waals surface area contributed by atoms with Crippen LogP contribution in [0.15, 0.2) is 15.2 Å². The Morgan fingerprint density at radius 3 is 2.69 bits per heavy atom. The minimum Gasteiger partial charge on any atom is -0.388 e. The molecule has 1 heterocycles. The van der Waals surface area contributed by atoms with Gasteiger partial charge in [-0.1, -0.05) is 12.8 Å². The molecular weight excluding hydrogens is 248 g/mol. The lowest BCUT2D eigenvalue weighted by atomic mass is 9.96. The molecule has 1 aromatic rings. The van der Waals surface area contributed by atoms with Gasteiger partial charge in [-0.3, -0.25) is 0 Å². The summed E-state index contributed by atoms with van der Waals surface area (Å²) in [5.74, 6) is 0.501. The van der Waals surface area contributed by atoms with Crippen LogP contribution in [-0.4, -0.2) is 5.11 Å². The lowest BCUT2D eigenvalue weighted by molar-refractivity contribution is 0.112. The van der Waals surface area contributed by atoms with E-state index in [0.717, 1.165) is 9.35 Å². The van der Waals surface area contributed by atoms with Crippen LogP contribution in [0.1, 0.15) is 37.4 Å². The Hall–Kier alpha value is 0.140. The number of rotatable bonds is 2. The van der Waals surface area contributed by atoms with Crippen LogP contribution in [0.2, 0.25) is 0 Å². The first kappa shape index (κ1) is 9.69. The van der Waals surface area contributed by atoms with Crippen molar-refractivity contribution in [3.8, 4) is 0 Å². The Morgan fingerprint density at radius 2 is 2.15 bits per heavy atom. The van der Waals surface area contributed by atoms with Crippen LogP contribution in [0.4, 0.5) is 0 Å². The van der Waals surface area contributed by atoms with E-state index in [1.165, 1.54) is 25.7 Å². The maximum atomic E-state index is 10.0. The summed E-state index contributed by atoms with van der Waals surface area (Å²) in [4.78, 5) is 0. The van der Waals surface area contributed by atoms with Crippen molar-refractivity contribution in [1.29, 1.82) is 0 Å². The number of halogens is 1. The fraction of sp³-hybridized carbons (Fsp3) is 0.600. The van der Waals surface area contributed by atoms with E-state index in [4.69, 9.17) is 0 Å². The van der Waals surface area contributed by atoms with E-state index in [2.05, 4.69) is 15.9 Å². The van der Waals surface area contributed by atoms with Crippen molar-refractivity contribution < 1.29 is 5.11 Å². The maximum absolute atomic E-state index is 10.0. The fourth-order valence-corrected chi connectivity index (χ4v) is 3.23. The van der Waals surface area contributed by atoms with E-state index < -0.39 is 0 Å². The minimum atomic E-state index is -0.231. The van der Waals surface area contributed by atoms with Gasteiger partial charge in [0, 0.05) is 0 Å². The molecule has 0 aliphatic heterocycles. The molecule has 0 bridgehead atoms. The lowest BCUT2D eigenvalue weighted by Crippen LogP contribution is -2.07. The highest BCUT2D eigenvalue weighted by Crippen LogP contribution is 2.37. The Balaban J connectivity index is 2.07. The second-order valence-corrected chi connectivity index (χ2v) is 5.96. The molecule has 1 saturated carbocycles. The van der Waals surface area contributed by atoms with E-state index >= 15 is 0 Å². The van der Waals surface area contributed by atoms with Crippen molar-refractivity contribution >= 4 is 27.3 Å². The molecule has 1 aliphatic rings. The zero-order chi connectivity index (χ0) is 9.26. The highest BCUT2D eigenvalue weighted by Gasteiger charge is 2.24. The van der Waals surface area contributed by atoms with Crippen LogP contribution in [0, 0.1) is 5.92 Å². The predicted molar refractivity (Wildman–Crippen MR) is 58.9 cm³/mol. The number of hydrogen-bond donors (Lipinski definition) is 1. The standard InChI is InChI=1S/C10H13BrOS/c11-9-5-8(6-13-9)10(12)7-3-1-2-4-7/h5-7,10,12H,1-4H2. The smallest absolute Gasteiger partial charge is 0.0826 e. The van der Waals surface area contributed by atoms with Crippen molar-refractivity contribution in [2.75, 3.05) is 0 Å². The quantitative estimate of drug-likeness (QED) is 0.859. The maximum Gasteiger partial charge on any atom is 0.0826 e. The third-order valence-electron chi connectivity index (χ3n) is 2.78. The van der Waals surface area contributed by atoms with Crippen molar-refractivity contribution in [2.24, 2.45) is 5.92 Å². The van der Waals surface area contributed by atoms with Gasteiger partial charge in [-0.2, -0.15) is 0 Å². The van der Waals surface area contributed by atoms with Gasteiger partial charge >= 0.3 is 0 Å². The second kappa shape index (κ2) is 4.11. The number of hydrogen-bond acceptors (Lipinski definition) is 2. The van der Waals surface area contributed by atoms with Gasteiger partial charge in [0.05, 0.1) is 9.89 Å². The van der Waals surface area contributed by atoms with Crippen molar-refractivity contribution in [1.82, 2.24) is 0 Å². The molecule has 1 unspecified atom stereocenters. The lowest BCUT2D eigenvalue weighted by Gasteiger charge is -2.15. The molecule has 1 N–H and O–H groups in total. The molecular formula is C10H13BrOS. The fourth-order valence-electron chi connectivity index (χ4n) is 2.02. The van der Waals surface area contributed by atoms with Crippen LogP contribution < -0.4 is 0 Å². The summed E-state index contributed by atoms with van der Waals surface area (Å²) >= 11 is 5.06.